The number of hydrogen-bond donors (Lipinski definition) is 1. The van der Waals surface area contributed by atoms with Crippen molar-refractivity contribution in [3.8, 4) is 0 Å². The Morgan fingerprint density at radius 3 is 2.65 bits per heavy atom. The van der Waals surface area contributed by atoms with Gasteiger partial charge >= 0.3 is 0 Å². The van der Waals surface area contributed by atoms with Crippen molar-refractivity contribution in [1.82, 2.24) is 19.4 Å². The first-order valence-electron chi connectivity index (χ1n) is 8.36. The molecule has 0 radical (unpaired) electrons. The normalized spacial score (nSPS) is 18.7. The van der Waals surface area contributed by atoms with Gasteiger partial charge in [-0.2, -0.15) is 0 Å². The van der Waals surface area contributed by atoms with Crippen molar-refractivity contribution in [2.75, 3.05) is 13.1 Å². The zero-order chi connectivity index (χ0) is 16.4. The summed E-state index contributed by atoms with van der Waals surface area (Å²) in [5.74, 6) is 2.17. The Balaban J connectivity index is 1.53. The van der Waals surface area contributed by atoms with Crippen molar-refractivity contribution in [3.05, 3.63) is 36.1 Å². The van der Waals surface area contributed by atoms with Gasteiger partial charge in [0.2, 0.25) is 0 Å². The van der Waals surface area contributed by atoms with Gasteiger partial charge in [-0.05, 0) is 31.8 Å². The lowest BCUT2D eigenvalue weighted by atomic mass is 9.90. The van der Waals surface area contributed by atoms with Gasteiger partial charge < -0.3 is 14.1 Å². The number of aromatic nitrogens is 3. The standard InChI is InChI=1S/C17H26N4O2/c1-12(2)17-19-14(11-23-17)10-21-7-4-13(5-8-21)15(22)16-18-6-9-20(16)3/h6,9,11-13,15,22H,4-5,7-8,10H2,1-3H3/t15-/m0/s1. The maximum Gasteiger partial charge on any atom is 0.196 e. The fourth-order valence-electron chi connectivity index (χ4n) is 3.19. The molecule has 0 aliphatic carbocycles. The molecular formula is C17H26N4O2. The maximum atomic E-state index is 10.5. The van der Waals surface area contributed by atoms with Crippen LogP contribution in [-0.2, 0) is 13.6 Å². The largest absolute Gasteiger partial charge is 0.448 e. The molecule has 0 aromatic carbocycles. The Morgan fingerprint density at radius 1 is 1.35 bits per heavy atom. The molecule has 0 unspecified atom stereocenters. The third-order valence-corrected chi connectivity index (χ3v) is 4.65. The number of nitrogens with zero attached hydrogens (tertiary/aromatic N) is 4. The zero-order valence-corrected chi connectivity index (χ0v) is 14.1. The van der Waals surface area contributed by atoms with Gasteiger partial charge in [-0.15, -0.1) is 0 Å². The number of hydrogen-bond acceptors (Lipinski definition) is 5. The van der Waals surface area contributed by atoms with Gasteiger partial charge in [0, 0.05) is 31.9 Å². The summed E-state index contributed by atoms with van der Waals surface area (Å²) in [5.41, 5.74) is 0.997. The first kappa shape index (κ1) is 16.2. The van der Waals surface area contributed by atoms with Crippen LogP contribution in [0.4, 0.5) is 0 Å². The van der Waals surface area contributed by atoms with E-state index in [4.69, 9.17) is 4.42 Å². The molecule has 1 fully saturated rings. The molecular weight excluding hydrogens is 292 g/mol. The van der Waals surface area contributed by atoms with E-state index in [9.17, 15) is 5.11 Å². The van der Waals surface area contributed by atoms with E-state index in [1.54, 1.807) is 12.5 Å². The number of aryl methyl sites for hydroxylation is 1. The molecule has 6 nitrogen and oxygen atoms in total. The summed E-state index contributed by atoms with van der Waals surface area (Å²) in [6.45, 7) is 6.92. The third kappa shape index (κ3) is 3.64. The van der Waals surface area contributed by atoms with Gasteiger partial charge in [0.1, 0.15) is 18.2 Å². The Morgan fingerprint density at radius 2 is 2.09 bits per heavy atom. The highest BCUT2D eigenvalue weighted by Gasteiger charge is 2.28. The summed E-state index contributed by atoms with van der Waals surface area (Å²) >= 11 is 0. The van der Waals surface area contributed by atoms with Crippen LogP contribution in [0, 0.1) is 5.92 Å². The number of piperidine rings is 1. The smallest absolute Gasteiger partial charge is 0.196 e. The molecule has 0 amide bonds. The molecule has 1 atom stereocenters. The van der Waals surface area contributed by atoms with Crippen LogP contribution in [0.15, 0.2) is 23.1 Å². The van der Waals surface area contributed by atoms with Crippen molar-refractivity contribution >= 4 is 0 Å². The predicted molar refractivity (Wildman–Crippen MR) is 86.8 cm³/mol. The van der Waals surface area contributed by atoms with E-state index in [0.717, 1.165) is 49.9 Å². The van der Waals surface area contributed by atoms with Crippen LogP contribution in [0.3, 0.4) is 0 Å². The molecule has 6 heteroatoms. The molecule has 2 aromatic rings. The molecule has 23 heavy (non-hydrogen) atoms. The zero-order valence-electron chi connectivity index (χ0n) is 14.1. The third-order valence-electron chi connectivity index (χ3n) is 4.65. The first-order valence-corrected chi connectivity index (χ1v) is 8.36. The van der Waals surface area contributed by atoms with Crippen molar-refractivity contribution in [2.45, 2.75) is 45.3 Å². The average Bonchev–Trinajstić information content (AvgIpc) is 3.16. The monoisotopic (exact) mass is 318 g/mol. The van der Waals surface area contributed by atoms with Gasteiger partial charge in [0.05, 0.1) is 5.69 Å². The average molecular weight is 318 g/mol. The summed E-state index contributed by atoms with van der Waals surface area (Å²) < 4.78 is 7.40. The van der Waals surface area contributed by atoms with E-state index in [1.165, 1.54) is 0 Å². The quantitative estimate of drug-likeness (QED) is 0.917. The molecule has 0 saturated carbocycles. The van der Waals surface area contributed by atoms with Crippen molar-refractivity contribution in [1.29, 1.82) is 0 Å². The van der Waals surface area contributed by atoms with Crippen LogP contribution >= 0.6 is 0 Å². The van der Waals surface area contributed by atoms with Crippen LogP contribution in [0.25, 0.3) is 0 Å². The van der Waals surface area contributed by atoms with E-state index in [0.29, 0.717) is 5.92 Å². The molecule has 3 heterocycles. The number of aliphatic hydroxyl groups is 1. The second kappa shape index (κ2) is 6.84. The lowest BCUT2D eigenvalue weighted by Gasteiger charge is -2.33. The molecule has 1 aliphatic heterocycles. The fourth-order valence-corrected chi connectivity index (χ4v) is 3.19. The molecule has 0 bridgehead atoms. The van der Waals surface area contributed by atoms with Crippen LogP contribution in [0.5, 0.6) is 0 Å². The lowest BCUT2D eigenvalue weighted by molar-refractivity contribution is 0.0489. The predicted octanol–water partition coefficient (Wildman–Crippen LogP) is 2.48. The van der Waals surface area contributed by atoms with Gasteiger partial charge in [0.15, 0.2) is 5.89 Å². The van der Waals surface area contributed by atoms with Gasteiger partial charge in [-0.25, -0.2) is 9.97 Å². The van der Waals surface area contributed by atoms with Crippen LogP contribution in [0.1, 0.15) is 56.1 Å². The Bertz CT molecular complexity index is 626. The number of imidazole rings is 1. The van der Waals surface area contributed by atoms with Gasteiger partial charge in [0.25, 0.3) is 0 Å². The second-order valence-electron chi connectivity index (χ2n) is 6.79. The van der Waals surface area contributed by atoms with E-state index in [1.807, 2.05) is 17.8 Å². The number of oxazole rings is 1. The summed E-state index contributed by atoms with van der Waals surface area (Å²) in [6.07, 6.45) is 6.86. The van der Waals surface area contributed by atoms with E-state index >= 15 is 0 Å². The van der Waals surface area contributed by atoms with E-state index in [-0.39, 0.29) is 5.92 Å². The van der Waals surface area contributed by atoms with Crippen LogP contribution in [0.2, 0.25) is 0 Å². The number of aliphatic hydroxyl groups excluding tert-OH is 1. The molecule has 1 N–H and O–H groups in total. The molecule has 1 aliphatic rings. The minimum Gasteiger partial charge on any atom is -0.448 e. The van der Waals surface area contributed by atoms with E-state index in [2.05, 4.69) is 28.7 Å². The first-order chi connectivity index (χ1) is 11.0. The maximum absolute atomic E-state index is 10.5. The Labute approximate surface area is 137 Å². The molecule has 126 valence electrons. The highest BCUT2D eigenvalue weighted by atomic mass is 16.3. The summed E-state index contributed by atoms with van der Waals surface area (Å²) in [6, 6.07) is 0. The molecule has 1 saturated heterocycles. The van der Waals surface area contributed by atoms with Gasteiger partial charge in [-0.1, -0.05) is 13.8 Å². The Hall–Kier alpha value is -1.66. The topological polar surface area (TPSA) is 67.3 Å². The van der Waals surface area contributed by atoms with Crippen LogP contribution < -0.4 is 0 Å². The fraction of sp³-hybridized carbons (Fsp3) is 0.647. The number of likely N-dealkylation sites (tertiary alicyclic amines) is 1. The molecule has 0 spiro atoms. The molecule has 2 aromatic heterocycles. The Kier molecular flexibility index (Phi) is 4.82. The number of rotatable bonds is 5. The highest BCUT2D eigenvalue weighted by molar-refractivity contribution is 5.01. The van der Waals surface area contributed by atoms with Gasteiger partial charge in [-0.3, -0.25) is 4.90 Å². The minimum absolute atomic E-state index is 0.274. The summed E-state index contributed by atoms with van der Waals surface area (Å²) in [5, 5.41) is 10.5. The minimum atomic E-state index is -0.475. The highest BCUT2D eigenvalue weighted by Crippen LogP contribution is 2.30. The van der Waals surface area contributed by atoms with Crippen LogP contribution in [-0.4, -0.2) is 37.6 Å². The second-order valence-corrected chi connectivity index (χ2v) is 6.79. The van der Waals surface area contributed by atoms with E-state index < -0.39 is 6.10 Å². The summed E-state index contributed by atoms with van der Waals surface area (Å²) in [4.78, 5) is 11.2. The van der Waals surface area contributed by atoms with Crippen molar-refractivity contribution < 1.29 is 9.52 Å². The molecule has 3 rings (SSSR count). The van der Waals surface area contributed by atoms with Crippen molar-refractivity contribution in [2.24, 2.45) is 13.0 Å². The SMILES string of the molecule is CC(C)c1nc(CN2CCC([C@H](O)c3nccn3C)CC2)co1. The van der Waals surface area contributed by atoms with Crippen molar-refractivity contribution in [3.63, 3.8) is 0 Å². The summed E-state index contributed by atoms with van der Waals surface area (Å²) in [7, 11) is 1.93. The lowest BCUT2D eigenvalue weighted by Crippen LogP contribution is -2.35.